The van der Waals surface area contributed by atoms with Crippen LogP contribution in [0.2, 0.25) is 0 Å². The van der Waals surface area contributed by atoms with Crippen molar-refractivity contribution in [1.29, 1.82) is 0 Å². The molecule has 12 heavy (non-hydrogen) atoms. The molecule has 3 nitrogen and oxygen atoms in total. The zero-order valence-corrected chi connectivity index (χ0v) is 6.58. The SMILES string of the molecule is Cc1cccc(/C(N)=N/O)c1F. The molecule has 0 bridgehead atoms. The summed E-state index contributed by atoms with van der Waals surface area (Å²) in [7, 11) is 0. The molecular weight excluding hydrogens is 159 g/mol. The van der Waals surface area contributed by atoms with Crippen LogP contribution in [0.1, 0.15) is 11.1 Å². The van der Waals surface area contributed by atoms with Crippen molar-refractivity contribution in [3.63, 3.8) is 0 Å². The minimum atomic E-state index is -0.451. The molecule has 0 heterocycles. The maximum absolute atomic E-state index is 13.2. The number of nitrogens with two attached hydrogens (primary N) is 1. The molecule has 0 aliphatic heterocycles. The van der Waals surface area contributed by atoms with Crippen LogP contribution in [0.3, 0.4) is 0 Å². The standard InChI is InChI=1S/C8H9FN2O/c1-5-3-2-4-6(7(5)9)8(10)11-12/h2-4,12H,1H3,(H2,10,11). The number of hydrogen-bond donors (Lipinski definition) is 2. The van der Waals surface area contributed by atoms with Gasteiger partial charge in [0.2, 0.25) is 0 Å². The van der Waals surface area contributed by atoms with E-state index in [0.29, 0.717) is 5.56 Å². The van der Waals surface area contributed by atoms with E-state index in [4.69, 9.17) is 10.9 Å². The number of rotatable bonds is 1. The van der Waals surface area contributed by atoms with E-state index < -0.39 is 5.82 Å². The monoisotopic (exact) mass is 168 g/mol. The highest BCUT2D eigenvalue weighted by Gasteiger charge is 2.07. The van der Waals surface area contributed by atoms with E-state index in [2.05, 4.69) is 5.16 Å². The Labute approximate surface area is 69.3 Å². The molecule has 64 valence electrons. The van der Waals surface area contributed by atoms with Crippen molar-refractivity contribution in [2.45, 2.75) is 6.92 Å². The summed E-state index contributed by atoms with van der Waals surface area (Å²) in [5.41, 5.74) is 5.82. The van der Waals surface area contributed by atoms with Crippen LogP contribution in [0.4, 0.5) is 4.39 Å². The van der Waals surface area contributed by atoms with Crippen molar-refractivity contribution in [3.8, 4) is 0 Å². The van der Waals surface area contributed by atoms with Crippen molar-refractivity contribution in [1.82, 2.24) is 0 Å². The lowest BCUT2D eigenvalue weighted by atomic mass is 10.1. The van der Waals surface area contributed by atoms with Gasteiger partial charge in [-0.15, -0.1) is 0 Å². The Bertz CT molecular complexity index is 323. The van der Waals surface area contributed by atoms with E-state index >= 15 is 0 Å². The van der Waals surface area contributed by atoms with E-state index in [1.54, 1.807) is 19.1 Å². The van der Waals surface area contributed by atoms with Gasteiger partial charge in [0.1, 0.15) is 5.82 Å². The van der Waals surface area contributed by atoms with Crippen LogP contribution in [0, 0.1) is 12.7 Å². The molecule has 0 unspecified atom stereocenters. The minimum absolute atomic E-state index is 0.123. The fraction of sp³-hybridized carbons (Fsp3) is 0.125. The molecule has 0 spiro atoms. The van der Waals surface area contributed by atoms with Crippen molar-refractivity contribution in [2.75, 3.05) is 0 Å². The maximum Gasteiger partial charge on any atom is 0.173 e. The summed E-state index contributed by atoms with van der Waals surface area (Å²) in [5.74, 6) is -0.663. The molecule has 0 atom stereocenters. The predicted octanol–water partition coefficient (Wildman–Crippen LogP) is 1.23. The molecular formula is C8H9FN2O. The number of benzene rings is 1. The Hall–Kier alpha value is -1.58. The van der Waals surface area contributed by atoms with Crippen molar-refractivity contribution in [2.24, 2.45) is 10.9 Å². The van der Waals surface area contributed by atoms with Crippen molar-refractivity contribution >= 4 is 5.84 Å². The lowest BCUT2D eigenvalue weighted by molar-refractivity contribution is 0.318. The summed E-state index contributed by atoms with van der Waals surface area (Å²) in [4.78, 5) is 0. The van der Waals surface area contributed by atoms with Gasteiger partial charge in [-0.3, -0.25) is 0 Å². The van der Waals surface area contributed by atoms with Gasteiger partial charge in [-0.25, -0.2) is 4.39 Å². The molecule has 0 aliphatic carbocycles. The number of amidine groups is 1. The second-order valence-corrected chi connectivity index (χ2v) is 2.42. The average Bonchev–Trinajstić information content (AvgIpc) is 2.08. The van der Waals surface area contributed by atoms with Gasteiger partial charge < -0.3 is 10.9 Å². The summed E-state index contributed by atoms with van der Waals surface area (Å²) < 4.78 is 13.2. The quantitative estimate of drug-likeness (QED) is 0.287. The molecule has 4 heteroatoms. The van der Waals surface area contributed by atoms with Crippen LogP contribution >= 0.6 is 0 Å². The number of nitrogens with zero attached hydrogens (tertiary/aromatic N) is 1. The first-order valence-electron chi connectivity index (χ1n) is 3.40. The Balaban J connectivity index is 3.26. The van der Waals surface area contributed by atoms with Crippen LogP contribution in [0.15, 0.2) is 23.4 Å². The van der Waals surface area contributed by atoms with Crippen molar-refractivity contribution in [3.05, 3.63) is 35.1 Å². The van der Waals surface area contributed by atoms with Gasteiger partial charge in [0.15, 0.2) is 5.84 Å². The second-order valence-electron chi connectivity index (χ2n) is 2.42. The third-order valence-electron chi connectivity index (χ3n) is 1.58. The Morgan fingerprint density at radius 3 is 2.83 bits per heavy atom. The van der Waals surface area contributed by atoms with E-state index in [-0.39, 0.29) is 11.4 Å². The Morgan fingerprint density at radius 2 is 2.25 bits per heavy atom. The van der Waals surface area contributed by atoms with E-state index in [1.165, 1.54) is 6.07 Å². The first kappa shape index (κ1) is 8.52. The van der Waals surface area contributed by atoms with Gasteiger partial charge in [-0.1, -0.05) is 17.3 Å². The number of oxime groups is 1. The zero-order chi connectivity index (χ0) is 9.14. The Kier molecular flexibility index (Phi) is 2.28. The van der Waals surface area contributed by atoms with Gasteiger partial charge >= 0.3 is 0 Å². The largest absolute Gasteiger partial charge is 0.409 e. The smallest absolute Gasteiger partial charge is 0.173 e. The lowest BCUT2D eigenvalue weighted by Gasteiger charge is -2.02. The van der Waals surface area contributed by atoms with Gasteiger partial charge in [-0.2, -0.15) is 0 Å². The van der Waals surface area contributed by atoms with E-state index in [0.717, 1.165) is 0 Å². The minimum Gasteiger partial charge on any atom is -0.409 e. The second kappa shape index (κ2) is 3.21. The van der Waals surface area contributed by atoms with Gasteiger partial charge in [0.05, 0.1) is 5.56 Å². The van der Waals surface area contributed by atoms with Crippen LogP contribution in [-0.2, 0) is 0 Å². The van der Waals surface area contributed by atoms with Gasteiger partial charge in [0, 0.05) is 0 Å². The first-order chi connectivity index (χ1) is 5.66. The van der Waals surface area contributed by atoms with Crippen molar-refractivity contribution < 1.29 is 9.60 Å². The Morgan fingerprint density at radius 1 is 1.58 bits per heavy atom. The third-order valence-corrected chi connectivity index (χ3v) is 1.58. The fourth-order valence-corrected chi connectivity index (χ4v) is 0.899. The van der Waals surface area contributed by atoms with E-state index in [1.807, 2.05) is 0 Å². The van der Waals surface area contributed by atoms with Crippen LogP contribution in [0.25, 0.3) is 0 Å². The third kappa shape index (κ3) is 1.37. The summed E-state index contributed by atoms with van der Waals surface area (Å²) in [6, 6.07) is 4.71. The summed E-state index contributed by atoms with van der Waals surface area (Å²) in [6.07, 6.45) is 0. The van der Waals surface area contributed by atoms with Gasteiger partial charge in [-0.05, 0) is 18.6 Å². The molecule has 1 rings (SSSR count). The number of aryl methyl sites for hydroxylation is 1. The molecule has 0 radical (unpaired) electrons. The summed E-state index contributed by atoms with van der Waals surface area (Å²) in [5, 5.41) is 11.0. The summed E-state index contributed by atoms with van der Waals surface area (Å²) in [6.45, 7) is 1.61. The normalized spacial score (nSPS) is 11.7. The highest BCUT2D eigenvalue weighted by Crippen LogP contribution is 2.10. The molecule has 0 fully saturated rings. The molecule has 0 aromatic heterocycles. The lowest BCUT2D eigenvalue weighted by Crippen LogP contribution is -2.15. The predicted molar refractivity (Wildman–Crippen MR) is 43.6 cm³/mol. The molecule has 0 amide bonds. The number of halogens is 1. The first-order valence-corrected chi connectivity index (χ1v) is 3.40. The molecule has 0 saturated heterocycles. The maximum atomic E-state index is 13.2. The zero-order valence-electron chi connectivity index (χ0n) is 6.58. The van der Waals surface area contributed by atoms with Crippen LogP contribution in [0.5, 0.6) is 0 Å². The molecule has 1 aromatic rings. The topological polar surface area (TPSA) is 58.6 Å². The molecule has 1 aromatic carbocycles. The molecule has 0 saturated carbocycles. The number of hydrogen-bond acceptors (Lipinski definition) is 2. The molecule has 0 aliphatic rings. The average molecular weight is 168 g/mol. The van der Waals surface area contributed by atoms with Crippen LogP contribution < -0.4 is 5.73 Å². The molecule has 3 N–H and O–H groups in total. The fourth-order valence-electron chi connectivity index (χ4n) is 0.899. The van der Waals surface area contributed by atoms with E-state index in [9.17, 15) is 4.39 Å². The van der Waals surface area contributed by atoms with Crippen LogP contribution in [-0.4, -0.2) is 11.0 Å². The highest BCUT2D eigenvalue weighted by molar-refractivity contribution is 5.97. The van der Waals surface area contributed by atoms with Gasteiger partial charge in [0.25, 0.3) is 0 Å². The summed E-state index contributed by atoms with van der Waals surface area (Å²) >= 11 is 0. The highest BCUT2D eigenvalue weighted by atomic mass is 19.1.